The summed E-state index contributed by atoms with van der Waals surface area (Å²) in [6.45, 7) is 0. The summed E-state index contributed by atoms with van der Waals surface area (Å²) in [6, 6.07) is 6.07. The lowest BCUT2D eigenvalue weighted by Crippen LogP contribution is -1.87. The van der Waals surface area contributed by atoms with Crippen LogP contribution in [0, 0.1) is 0 Å². The molecule has 0 fully saturated rings. The van der Waals surface area contributed by atoms with Crippen molar-refractivity contribution in [2.45, 2.75) is 0 Å². The van der Waals surface area contributed by atoms with Crippen LogP contribution >= 0.6 is 0 Å². The molecular weight excluding hydrogens is 194 g/mol. The predicted octanol–water partition coefficient (Wildman–Crippen LogP) is 1.18. The van der Waals surface area contributed by atoms with Crippen LogP contribution < -0.4 is 5.73 Å². The van der Waals surface area contributed by atoms with Gasteiger partial charge in [-0.1, -0.05) is 0 Å². The normalized spacial score (nSPS) is 10.1. The summed E-state index contributed by atoms with van der Waals surface area (Å²) in [5.41, 5.74) is 7.10. The fraction of sp³-hybridized carbons (Fsp3) is 0. The Hall–Kier alpha value is -2.30. The summed E-state index contributed by atoms with van der Waals surface area (Å²) in [5.74, 6) is 0.425. The minimum atomic E-state index is 0.0868. The summed E-state index contributed by atoms with van der Waals surface area (Å²) in [4.78, 5) is 10.8. The van der Waals surface area contributed by atoms with Crippen molar-refractivity contribution < 1.29 is 9.90 Å². The molecule has 0 aliphatic heterocycles. The first kappa shape index (κ1) is 9.26. The number of carbonyl (C=O) groups is 1. The van der Waals surface area contributed by atoms with Crippen LogP contribution in [0.5, 0.6) is 5.75 Å². The fourth-order valence-electron chi connectivity index (χ4n) is 1.36. The number of nitrogens with two attached hydrogens (primary N) is 1. The van der Waals surface area contributed by atoms with Gasteiger partial charge in [-0.2, -0.15) is 5.10 Å². The number of H-pyrrole nitrogens is 1. The highest BCUT2D eigenvalue weighted by molar-refractivity contribution is 5.87. The Morgan fingerprint density at radius 2 is 2.20 bits per heavy atom. The van der Waals surface area contributed by atoms with E-state index in [0.717, 1.165) is 0 Å². The highest BCUT2D eigenvalue weighted by Crippen LogP contribution is 2.25. The van der Waals surface area contributed by atoms with Gasteiger partial charge in [0, 0.05) is 17.2 Å². The molecule has 0 amide bonds. The number of benzene rings is 1. The second-order valence-electron chi connectivity index (χ2n) is 3.10. The van der Waals surface area contributed by atoms with E-state index < -0.39 is 0 Å². The zero-order valence-electron chi connectivity index (χ0n) is 7.77. The highest BCUT2D eigenvalue weighted by atomic mass is 16.3. The van der Waals surface area contributed by atoms with Gasteiger partial charge in [0.1, 0.15) is 11.6 Å². The second-order valence-corrected chi connectivity index (χ2v) is 3.10. The van der Waals surface area contributed by atoms with Gasteiger partial charge in [0.05, 0.1) is 5.69 Å². The van der Waals surface area contributed by atoms with Crippen molar-refractivity contribution in [1.82, 2.24) is 10.2 Å². The monoisotopic (exact) mass is 203 g/mol. The molecule has 0 saturated carbocycles. The number of carbonyl (C=O) groups excluding carboxylic acids is 1. The molecule has 15 heavy (non-hydrogen) atoms. The van der Waals surface area contributed by atoms with E-state index >= 15 is 0 Å². The van der Waals surface area contributed by atoms with Gasteiger partial charge in [0.2, 0.25) is 0 Å². The number of aldehydes is 1. The van der Waals surface area contributed by atoms with E-state index in [1.54, 1.807) is 6.07 Å². The molecule has 2 rings (SSSR count). The number of nitrogens with zero attached hydrogens (tertiary/aromatic N) is 1. The van der Waals surface area contributed by atoms with Gasteiger partial charge in [0.25, 0.3) is 0 Å². The lowest BCUT2D eigenvalue weighted by atomic mass is 10.1. The fourth-order valence-corrected chi connectivity index (χ4v) is 1.36. The third-order valence-corrected chi connectivity index (χ3v) is 2.05. The molecule has 1 heterocycles. The third kappa shape index (κ3) is 1.67. The molecule has 0 bridgehead atoms. The van der Waals surface area contributed by atoms with E-state index in [-0.39, 0.29) is 5.75 Å². The molecule has 1 aromatic carbocycles. The molecule has 0 saturated heterocycles. The van der Waals surface area contributed by atoms with Crippen LogP contribution in [0.3, 0.4) is 0 Å². The van der Waals surface area contributed by atoms with Crippen molar-refractivity contribution in [3.05, 3.63) is 29.8 Å². The van der Waals surface area contributed by atoms with Crippen molar-refractivity contribution in [2.24, 2.45) is 0 Å². The van der Waals surface area contributed by atoms with Crippen LogP contribution in [0.2, 0.25) is 0 Å². The van der Waals surface area contributed by atoms with Crippen molar-refractivity contribution in [1.29, 1.82) is 0 Å². The largest absolute Gasteiger partial charge is 0.508 e. The van der Waals surface area contributed by atoms with Crippen LogP contribution in [0.25, 0.3) is 11.3 Å². The number of aromatic hydroxyl groups is 1. The molecule has 0 spiro atoms. The number of nitrogen functional groups attached to an aromatic ring is 1. The molecule has 0 aliphatic rings. The van der Waals surface area contributed by atoms with E-state index in [9.17, 15) is 9.90 Å². The molecule has 0 atom stereocenters. The first-order chi connectivity index (χ1) is 7.20. The Morgan fingerprint density at radius 3 is 2.80 bits per heavy atom. The van der Waals surface area contributed by atoms with Crippen LogP contribution in [0.15, 0.2) is 24.3 Å². The van der Waals surface area contributed by atoms with E-state index in [1.807, 2.05) is 0 Å². The van der Waals surface area contributed by atoms with Gasteiger partial charge in [-0.15, -0.1) is 0 Å². The van der Waals surface area contributed by atoms with Crippen molar-refractivity contribution in [2.75, 3.05) is 5.73 Å². The highest BCUT2D eigenvalue weighted by Gasteiger charge is 2.08. The first-order valence-corrected chi connectivity index (χ1v) is 4.30. The smallest absolute Gasteiger partial charge is 0.150 e. The number of nitrogens with one attached hydrogen (secondary N) is 1. The number of phenolic OH excluding ortho intramolecular Hbond substituents is 1. The Balaban J connectivity index is 2.59. The predicted molar refractivity (Wildman–Crippen MR) is 55.5 cm³/mol. The number of rotatable bonds is 2. The number of anilines is 1. The Bertz CT molecular complexity index is 505. The molecule has 2 aromatic rings. The summed E-state index contributed by atoms with van der Waals surface area (Å²) in [5, 5.41) is 15.8. The lowest BCUT2D eigenvalue weighted by Gasteiger charge is -2.01. The van der Waals surface area contributed by atoms with Crippen molar-refractivity contribution in [3.8, 4) is 17.0 Å². The van der Waals surface area contributed by atoms with E-state index in [2.05, 4.69) is 10.2 Å². The molecule has 1 aromatic heterocycles. The van der Waals surface area contributed by atoms with Gasteiger partial charge >= 0.3 is 0 Å². The molecule has 0 unspecified atom stereocenters. The van der Waals surface area contributed by atoms with Gasteiger partial charge in [-0.05, 0) is 18.2 Å². The van der Waals surface area contributed by atoms with Crippen LogP contribution in [0.4, 0.5) is 5.82 Å². The number of hydrogen-bond acceptors (Lipinski definition) is 4. The molecule has 0 radical (unpaired) electrons. The zero-order chi connectivity index (χ0) is 10.8. The maximum atomic E-state index is 10.8. The molecule has 5 heteroatoms. The van der Waals surface area contributed by atoms with Gasteiger partial charge < -0.3 is 10.8 Å². The van der Waals surface area contributed by atoms with E-state index in [1.165, 1.54) is 18.2 Å². The molecule has 0 aliphatic carbocycles. The topological polar surface area (TPSA) is 92.0 Å². The Labute approximate surface area is 85.5 Å². The zero-order valence-corrected chi connectivity index (χ0v) is 7.77. The number of phenols is 1. The standard InChI is InChI=1S/C10H9N3O2/c11-10-4-9(12-13-10)8-3-7(15)2-1-6(8)5-14/h1-5,15H,(H3,11,12,13). The van der Waals surface area contributed by atoms with E-state index in [0.29, 0.717) is 28.9 Å². The molecular formula is C10H9N3O2. The summed E-state index contributed by atoms with van der Waals surface area (Å²) >= 11 is 0. The number of hydrogen-bond donors (Lipinski definition) is 3. The van der Waals surface area contributed by atoms with Gasteiger partial charge in [-0.25, -0.2) is 0 Å². The van der Waals surface area contributed by atoms with Crippen molar-refractivity contribution in [3.63, 3.8) is 0 Å². The minimum absolute atomic E-state index is 0.0868. The quantitative estimate of drug-likeness (QED) is 0.639. The van der Waals surface area contributed by atoms with Gasteiger partial charge in [-0.3, -0.25) is 9.89 Å². The number of aromatic nitrogens is 2. The maximum Gasteiger partial charge on any atom is 0.150 e. The second kappa shape index (κ2) is 3.45. The lowest BCUT2D eigenvalue weighted by molar-refractivity contribution is 0.112. The van der Waals surface area contributed by atoms with Gasteiger partial charge in [0.15, 0.2) is 6.29 Å². The van der Waals surface area contributed by atoms with E-state index in [4.69, 9.17) is 5.73 Å². The van der Waals surface area contributed by atoms with Crippen LogP contribution in [0.1, 0.15) is 10.4 Å². The van der Waals surface area contributed by atoms with Crippen LogP contribution in [-0.2, 0) is 0 Å². The molecule has 76 valence electrons. The summed E-state index contributed by atoms with van der Waals surface area (Å²) < 4.78 is 0. The third-order valence-electron chi connectivity index (χ3n) is 2.05. The molecule has 4 N–H and O–H groups in total. The Morgan fingerprint density at radius 1 is 1.40 bits per heavy atom. The number of aromatic amines is 1. The maximum absolute atomic E-state index is 10.8. The summed E-state index contributed by atoms with van der Waals surface area (Å²) in [7, 11) is 0. The average Bonchev–Trinajstić information content (AvgIpc) is 2.65. The van der Waals surface area contributed by atoms with Crippen LogP contribution in [-0.4, -0.2) is 21.6 Å². The van der Waals surface area contributed by atoms with Crippen molar-refractivity contribution >= 4 is 12.1 Å². The average molecular weight is 203 g/mol. The molecule has 5 nitrogen and oxygen atoms in total. The Kier molecular flexibility index (Phi) is 2.13. The summed E-state index contributed by atoms with van der Waals surface area (Å²) in [6.07, 6.45) is 0.714. The SMILES string of the molecule is Nc1cc(-c2cc(O)ccc2C=O)[nH]n1. The minimum Gasteiger partial charge on any atom is -0.508 e. The first-order valence-electron chi connectivity index (χ1n) is 4.30.